The molecule has 2 aromatic rings. The first-order chi connectivity index (χ1) is 9.45. The van der Waals surface area contributed by atoms with Gasteiger partial charge in [-0.2, -0.15) is 5.10 Å². The monoisotopic (exact) mass is 275 g/mol. The number of carbonyl (C=O) groups excluding carboxylic acids is 1. The Kier molecular flexibility index (Phi) is 4.05. The highest BCUT2D eigenvalue weighted by molar-refractivity contribution is 6.00. The summed E-state index contributed by atoms with van der Waals surface area (Å²) in [6.45, 7) is 0.769. The lowest BCUT2D eigenvalue weighted by molar-refractivity contribution is 0.0940. The molecule has 2 rings (SSSR count). The first-order valence-electron chi connectivity index (χ1n) is 6.17. The van der Waals surface area contributed by atoms with Crippen LogP contribution in [0, 0.1) is 0 Å². The van der Waals surface area contributed by atoms with E-state index in [0.29, 0.717) is 6.54 Å². The van der Waals surface area contributed by atoms with E-state index in [1.54, 1.807) is 10.9 Å². The number of phenols is 2. The minimum Gasteiger partial charge on any atom is -0.508 e. The number of aromatic hydroxyl groups is 2. The Balaban J connectivity index is 2.00. The maximum Gasteiger partial charge on any atom is 0.180 e. The van der Waals surface area contributed by atoms with E-state index in [9.17, 15) is 15.0 Å². The summed E-state index contributed by atoms with van der Waals surface area (Å²) in [5.41, 5.74) is 1.22. The second kappa shape index (κ2) is 5.75. The predicted molar refractivity (Wildman–Crippen MR) is 73.6 cm³/mol. The van der Waals surface area contributed by atoms with Crippen molar-refractivity contribution >= 4 is 5.78 Å². The Bertz CT molecular complexity index is 622. The smallest absolute Gasteiger partial charge is 0.180 e. The number of phenolic OH excluding ortho intramolecular Hbond substituents is 2. The molecule has 0 saturated heterocycles. The molecule has 1 heterocycles. The zero-order valence-corrected chi connectivity index (χ0v) is 11.4. The maximum absolute atomic E-state index is 12.1. The summed E-state index contributed by atoms with van der Waals surface area (Å²) in [4.78, 5) is 13.9. The van der Waals surface area contributed by atoms with E-state index < -0.39 is 0 Å². The van der Waals surface area contributed by atoms with Crippen molar-refractivity contribution in [1.82, 2.24) is 14.7 Å². The van der Waals surface area contributed by atoms with Gasteiger partial charge in [-0.1, -0.05) is 0 Å². The number of benzene rings is 1. The van der Waals surface area contributed by atoms with Crippen molar-refractivity contribution in [1.29, 1.82) is 0 Å². The number of carbonyl (C=O) groups is 1. The van der Waals surface area contributed by atoms with Crippen LogP contribution in [0.4, 0.5) is 0 Å². The van der Waals surface area contributed by atoms with Gasteiger partial charge in [-0.05, 0) is 19.2 Å². The van der Waals surface area contributed by atoms with Crippen molar-refractivity contribution in [2.75, 3.05) is 13.6 Å². The third kappa shape index (κ3) is 3.36. The molecular formula is C14H17N3O3. The summed E-state index contributed by atoms with van der Waals surface area (Å²) in [6, 6.07) is 3.97. The summed E-state index contributed by atoms with van der Waals surface area (Å²) in [7, 11) is 3.66. The molecule has 0 aliphatic carbocycles. The molecule has 1 aromatic heterocycles. The molecule has 0 aliphatic rings. The molecule has 0 saturated carbocycles. The van der Waals surface area contributed by atoms with Crippen LogP contribution in [0.5, 0.6) is 11.5 Å². The number of hydrogen-bond acceptors (Lipinski definition) is 5. The number of aryl methyl sites for hydroxylation is 1. The molecule has 6 heteroatoms. The fraction of sp³-hybridized carbons (Fsp3) is 0.286. The second-order valence-electron chi connectivity index (χ2n) is 4.82. The topological polar surface area (TPSA) is 78.6 Å². The molecule has 0 aliphatic heterocycles. The number of nitrogens with zero attached hydrogens (tertiary/aromatic N) is 3. The van der Waals surface area contributed by atoms with E-state index in [0.717, 1.165) is 11.6 Å². The van der Waals surface area contributed by atoms with Crippen LogP contribution in [-0.4, -0.2) is 44.3 Å². The molecule has 20 heavy (non-hydrogen) atoms. The number of hydrogen-bond donors (Lipinski definition) is 2. The zero-order chi connectivity index (χ0) is 14.7. The Hall–Kier alpha value is -2.34. The highest BCUT2D eigenvalue weighted by Crippen LogP contribution is 2.23. The first kappa shape index (κ1) is 14.1. The molecule has 2 N–H and O–H groups in total. The number of rotatable bonds is 5. The van der Waals surface area contributed by atoms with Gasteiger partial charge >= 0.3 is 0 Å². The second-order valence-corrected chi connectivity index (χ2v) is 4.82. The average Bonchev–Trinajstić information content (AvgIpc) is 2.74. The Morgan fingerprint density at radius 3 is 2.75 bits per heavy atom. The summed E-state index contributed by atoms with van der Waals surface area (Å²) < 4.78 is 1.71. The van der Waals surface area contributed by atoms with Gasteiger partial charge in [0, 0.05) is 31.4 Å². The molecule has 0 bridgehead atoms. The third-order valence-electron chi connectivity index (χ3n) is 2.91. The molecule has 1 aromatic carbocycles. The van der Waals surface area contributed by atoms with Crippen LogP contribution < -0.4 is 0 Å². The largest absolute Gasteiger partial charge is 0.508 e. The van der Waals surface area contributed by atoms with Gasteiger partial charge in [0.1, 0.15) is 11.5 Å². The highest BCUT2D eigenvalue weighted by Gasteiger charge is 2.14. The molecule has 106 valence electrons. The summed E-state index contributed by atoms with van der Waals surface area (Å²) in [5.74, 6) is -0.471. The highest BCUT2D eigenvalue weighted by atomic mass is 16.3. The van der Waals surface area contributed by atoms with Crippen molar-refractivity contribution in [3.05, 3.63) is 41.7 Å². The lowest BCUT2D eigenvalue weighted by atomic mass is 10.1. The van der Waals surface area contributed by atoms with Crippen LogP contribution in [0.2, 0.25) is 0 Å². The number of likely N-dealkylation sites (N-methyl/N-ethyl adjacent to an activating group) is 1. The van der Waals surface area contributed by atoms with Crippen molar-refractivity contribution in [2.24, 2.45) is 7.05 Å². The van der Waals surface area contributed by atoms with Gasteiger partial charge in [0.05, 0.1) is 18.3 Å². The van der Waals surface area contributed by atoms with Crippen LogP contribution in [0.1, 0.15) is 15.9 Å². The average molecular weight is 275 g/mol. The fourth-order valence-electron chi connectivity index (χ4n) is 2.01. The van der Waals surface area contributed by atoms with Gasteiger partial charge in [0.25, 0.3) is 0 Å². The summed E-state index contributed by atoms with van der Waals surface area (Å²) >= 11 is 0. The number of Topliss-reactive ketones (excluding diaryl/α,β-unsaturated/α-hetero) is 1. The van der Waals surface area contributed by atoms with E-state index >= 15 is 0 Å². The Morgan fingerprint density at radius 2 is 2.15 bits per heavy atom. The first-order valence-corrected chi connectivity index (χ1v) is 6.17. The summed E-state index contributed by atoms with van der Waals surface area (Å²) in [6.07, 6.45) is 3.64. The minimum absolute atomic E-state index is 0.0669. The SMILES string of the molecule is CN(CC(=O)c1ccc(O)cc1O)Cc1cnn(C)c1. The van der Waals surface area contributed by atoms with Gasteiger partial charge in [0.15, 0.2) is 5.78 Å². The predicted octanol–water partition coefficient (Wildman–Crippen LogP) is 1.15. The Labute approximate surface area is 116 Å². The van der Waals surface area contributed by atoms with Crippen LogP contribution in [0.15, 0.2) is 30.6 Å². The molecule has 0 atom stereocenters. The van der Waals surface area contributed by atoms with E-state index in [-0.39, 0.29) is 29.4 Å². The zero-order valence-electron chi connectivity index (χ0n) is 11.4. The molecule has 0 spiro atoms. The number of aromatic nitrogens is 2. The van der Waals surface area contributed by atoms with Gasteiger partial charge < -0.3 is 10.2 Å². The number of ketones is 1. The van der Waals surface area contributed by atoms with Crippen LogP contribution in [-0.2, 0) is 13.6 Å². The molecule has 6 nitrogen and oxygen atoms in total. The molecule has 0 fully saturated rings. The van der Waals surface area contributed by atoms with Crippen molar-refractivity contribution in [3.8, 4) is 11.5 Å². The van der Waals surface area contributed by atoms with Gasteiger partial charge in [0.2, 0.25) is 0 Å². The van der Waals surface area contributed by atoms with E-state index in [1.807, 2.05) is 25.2 Å². The lowest BCUT2D eigenvalue weighted by Crippen LogP contribution is -2.25. The third-order valence-corrected chi connectivity index (χ3v) is 2.91. The van der Waals surface area contributed by atoms with Crippen molar-refractivity contribution in [3.63, 3.8) is 0 Å². The van der Waals surface area contributed by atoms with Crippen molar-refractivity contribution < 1.29 is 15.0 Å². The normalized spacial score (nSPS) is 10.9. The minimum atomic E-state index is -0.204. The summed E-state index contributed by atoms with van der Waals surface area (Å²) in [5, 5.41) is 22.9. The molecule has 0 unspecified atom stereocenters. The molecule has 0 radical (unpaired) electrons. The van der Waals surface area contributed by atoms with Crippen LogP contribution >= 0.6 is 0 Å². The van der Waals surface area contributed by atoms with Gasteiger partial charge in [-0.3, -0.25) is 14.4 Å². The van der Waals surface area contributed by atoms with Crippen LogP contribution in [0.3, 0.4) is 0 Å². The lowest BCUT2D eigenvalue weighted by Gasteiger charge is -2.15. The van der Waals surface area contributed by atoms with Crippen LogP contribution in [0.25, 0.3) is 0 Å². The van der Waals surface area contributed by atoms with Gasteiger partial charge in [-0.15, -0.1) is 0 Å². The van der Waals surface area contributed by atoms with E-state index in [2.05, 4.69) is 5.10 Å². The fourth-order valence-corrected chi connectivity index (χ4v) is 2.01. The quantitative estimate of drug-likeness (QED) is 0.800. The molecular weight excluding hydrogens is 258 g/mol. The van der Waals surface area contributed by atoms with E-state index in [4.69, 9.17) is 0 Å². The van der Waals surface area contributed by atoms with Gasteiger partial charge in [-0.25, -0.2) is 0 Å². The van der Waals surface area contributed by atoms with Crippen molar-refractivity contribution in [2.45, 2.75) is 6.54 Å². The molecule has 0 amide bonds. The maximum atomic E-state index is 12.1. The Morgan fingerprint density at radius 1 is 1.40 bits per heavy atom. The standard InChI is InChI=1S/C14H17N3O3/c1-16(7-10-6-15-17(2)8-10)9-14(20)12-4-3-11(18)5-13(12)19/h3-6,8,18-19H,7,9H2,1-2H3. The van der Waals surface area contributed by atoms with E-state index in [1.165, 1.54) is 12.1 Å².